The van der Waals surface area contributed by atoms with Crippen LogP contribution in [0.4, 0.5) is 0 Å². The van der Waals surface area contributed by atoms with E-state index in [9.17, 15) is 4.79 Å². The molecule has 0 amide bonds. The minimum atomic E-state index is -0.0392. The third kappa shape index (κ3) is 3.83. The van der Waals surface area contributed by atoms with Crippen LogP contribution in [0.15, 0.2) is 67.0 Å². The van der Waals surface area contributed by atoms with Crippen LogP contribution in [-0.2, 0) is 4.79 Å². The number of carbonyl (C=O) groups is 1. The maximum Gasteiger partial charge on any atom is 0.178 e. The van der Waals surface area contributed by atoms with Crippen LogP contribution in [0.2, 0.25) is 0 Å². The van der Waals surface area contributed by atoms with Crippen molar-refractivity contribution in [1.82, 2.24) is 4.98 Å². The first-order chi connectivity index (χ1) is 8.84. The van der Waals surface area contributed by atoms with Crippen molar-refractivity contribution in [3.05, 3.63) is 78.1 Å². The Labute approximate surface area is 106 Å². The van der Waals surface area contributed by atoms with Crippen molar-refractivity contribution >= 4 is 17.9 Å². The number of benzene rings is 1. The predicted molar refractivity (Wildman–Crippen MR) is 73.8 cm³/mol. The molecule has 0 radical (unpaired) electrons. The van der Waals surface area contributed by atoms with Crippen LogP contribution in [0, 0.1) is 0 Å². The van der Waals surface area contributed by atoms with Crippen molar-refractivity contribution in [3.8, 4) is 0 Å². The third-order valence-corrected chi connectivity index (χ3v) is 2.36. The van der Waals surface area contributed by atoms with Crippen molar-refractivity contribution < 1.29 is 4.79 Å². The molecule has 1 heterocycles. The van der Waals surface area contributed by atoms with Gasteiger partial charge in [-0.25, -0.2) is 0 Å². The first kappa shape index (κ1) is 12.0. The first-order valence-corrected chi connectivity index (χ1v) is 5.70. The van der Waals surface area contributed by atoms with E-state index in [0.717, 1.165) is 11.1 Å². The van der Waals surface area contributed by atoms with Gasteiger partial charge < -0.3 is 0 Å². The minimum Gasteiger partial charge on any atom is -0.290 e. The molecule has 0 unspecified atom stereocenters. The summed E-state index contributed by atoms with van der Waals surface area (Å²) in [5, 5.41) is 0. The Morgan fingerprint density at radius 1 is 0.889 bits per heavy atom. The van der Waals surface area contributed by atoms with Gasteiger partial charge in [0.05, 0.1) is 0 Å². The van der Waals surface area contributed by atoms with Crippen molar-refractivity contribution in [2.24, 2.45) is 0 Å². The van der Waals surface area contributed by atoms with Crippen molar-refractivity contribution in [2.75, 3.05) is 0 Å². The van der Waals surface area contributed by atoms with Gasteiger partial charge >= 0.3 is 0 Å². The summed E-state index contributed by atoms with van der Waals surface area (Å²) in [6.07, 6.45) is 10.1. The number of hydrogen-bond acceptors (Lipinski definition) is 2. The van der Waals surface area contributed by atoms with Gasteiger partial charge in [-0.3, -0.25) is 9.78 Å². The van der Waals surface area contributed by atoms with Gasteiger partial charge in [0.15, 0.2) is 5.78 Å². The number of nitrogens with zero attached hydrogens (tertiary/aromatic N) is 1. The molecular formula is C16H13NO. The maximum absolute atomic E-state index is 11.6. The number of carbonyl (C=O) groups excluding carboxylic acids is 1. The second-order valence-electron chi connectivity index (χ2n) is 3.77. The zero-order valence-corrected chi connectivity index (χ0v) is 9.86. The fraction of sp³-hybridized carbons (Fsp3) is 0. The van der Waals surface area contributed by atoms with Gasteiger partial charge in [0.2, 0.25) is 0 Å². The summed E-state index contributed by atoms with van der Waals surface area (Å²) in [7, 11) is 0. The normalized spacial score (nSPS) is 11.1. The molecule has 18 heavy (non-hydrogen) atoms. The molecule has 1 aromatic carbocycles. The fourth-order valence-corrected chi connectivity index (χ4v) is 1.45. The van der Waals surface area contributed by atoms with Crippen LogP contribution in [0.1, 0.15) is 11.1 Å². The molecular weight excluding hydrogens is 222 g/mol. The third-order valence-electron chi connectivity index (χ3n) is 2.36. The summed E-state index contributed by atoms with van der Waals surface area (Å²) in [5.41, 5.74) is 1.93. The van der Waals surface area contributed by atoms with Crippen LogP contribution < -0.4 is 0 Å². The summed E-state index contributed by atoms with van der Waals surface area (Å²) < 4.78 is 0. The van der Waals surface area contributed by atoms with Gasteiger partial charge in [0, 0.05) is 12.4 Å². The average Bonchev–Trinajstić information content (AvgIpc) is 2.45. The van der Waals surface area contributed by atoms with E-state index in [0.29, 0.717) is 0 Å². The van der Waals surface area contributed by atoms with Gasteiger partial charge in [-0.2, -0.15) is 0 Å². The lowest BCUT2D eigenvalue weighted by atomic mass is 10.2. The van der Waals surface area contributed by atoms with Gasteiger partial charge in [0.25, 0.3) is 0 Å². The monoisotopic (exact) mass is 235 g/mol. The lowest BCUT2D eigenvalue weighted by Crippen LogP contribution is -1.85. The first-order valence-electron chi connectivity index (χ1n) is 5.70. The fourth-order valence-electron chi connectivity index (χ4n) is 1.45. The van der Waals surface area contributed by atoms with Gasteiger partial charge in [-0.15, -0.1) is 0 Å². The second-order valence-corrected chi connectivity index (χ2v) is 3.77. The number of hydrogen-bond donors (Lipinski definition) is 0. The molecule has 1 aromatic heterocycles. The number of pyridine rings is 1. The highest BCUT2D eigenvalue weighted by molar-refractivity contribution is 6.04. The predicted octanol–water partition coefficient (Wildman–Crippen LogP) is 3.38. The molecule has 0 saturated heterocycles. The molecule has 0 atom stereocenters. The number of rotatable bonds is 4. The standard InChI is InChI=1S/C16H13NO/c18-16(10-8-14-5-2-1-3-6-14)11-9-15-7-4-12-17-13-15/h1-13H/b10-8+,11-9+. The Balaban J connectivity index is 1.97. The zero-order chi connectivity index (χ0) is 12.6. The molecule has 0 aliphatic carbocycles. The second kappa shape index (κ2) is 6.30. The molecule has 0 saturated carbocycles. The maximum atomic E-state index is 11.6. The quantitative estimate of drug-likeness (QED) is 0.760. The summed E-state index contributed by atoms with van der Waals surface area (Å²) in [6.45, 7) is 0. The molecule has 0 aliphatic rings. The Bertz CT molecular complexity index is 505. The van der Waals surface area contributed by atoms with Crippen molar-refractivity contribution in [1.29, 1.82) is 0 Å². The Hall–Kier alpha value is -2.48. The minimum absolute atomic E-state index is 0.0392. The number of ketones is 1. The van der Waals surface area contributed by atoms with Gasteiger partial charge in [0.1, 0.15) is 0 Å². The van der Waals surface area contributed by atoms with E-state index in [-0.39, 0.29) is 5.78 Å². The topological polar surface area (TPSA) is 30.0 Å². The van der Waals surface area contributed by atoms with E-state index < -0.39 is 0 Å². The number of allylic oxidation sites excluding steroid dienone is 2. The van der Waals surface area contributed by atoms with Crippen molar-refractivity contribution in [3.63, 3.8) is 0 Å². The Morgan fingerprint density at radius 2 is 1.56 bits per heavy atom. The van der Waals surface area contributed by atoms with E-state index in [1.807, 2.05) is 42.5 Å². The van der Waals surface area contributed by atoms with Crippen LogP contribution >= 0.6 is 0 Å². The highest BCUT2D eigenvalue weighted by Gasteiger charge is 1.90. The van der Waals surface area contributed by atoms with E-state index in [1.165, 1.54) is 6.08 Å². The molecule has 0 fully saturated rings. The average molecular weight is 235 g/mol. The molecule has 2 heteroatoms. The molecule has 0 N–H and O–H groups in total. The highest BCUT2D eigenvalue weighted by Crippen LogP contribution is 2.02. The molecule has 0 bridgehead atoms. The molecule has 0 spiro atoms. The van der Waals surface area contributed by atoms with Crippen LogP contribution in [-0.4, -0.2) is 10.8 Å². The van der Waals surface area contributed by atoms with Crippen LogP contribution in [0.3, 0.4) is 0 Å². The lowest BCUT2D eigenvalue weighted by molar-refractivity contribution is -0.110. The molecule has 2 rings (SSSR count). The highest BCUT2D eigenvalue weighted by atomic mass is 16.1. The summed E-state index contributed by atoms with van der Waals surface area (Å²) in [5.74, 6) is -0.0392. The van der Waals surface area contributed by atoms with E-state index >= 15 is 0 Å². The van der Waals surface area contributed by atoms with Gasteiger partial charge in [-0.1, -0.05) is 42.5 Å². The summed E-state index contributed by atoms with van der Waals surface area (Å²) in [6, 6.07) is 13.5. The van der Waals surface area contributed by atoms with Crippen LogP contribution in [0.5, 0.6) is 0 Å². The SMILES string of the molecule is O=C(/C=C/c1ccccc1)/C=C/c1cccnc1. The smallest absolute Gasteiger partial charge is 0.178 e. The largest absolute Gasteiger partial charge is 0.290 e. The van der Waals surface area contributed by atoms with E-state index in [4.69, 9.17) is 0 Å². The zero-order valence-electron chi connectivity index (χ0n) is 9.86. The van der Waals surface area contributed by atoms with Crippen molar-refractivity contribution in [2.45, 2.75) is 0 Å². The Kier molecular flexibility index (Phi) is 4.20. The number of aromatic nitrogens is 1. The summed E-state index contributed by atoms with van der Waals surface area (Å²) >= 11 is 0. The van der Waals surface area contributed by atoms with E-state index in [1.54, 1.807) is 30.6 Å². The summed E-state index contributed by atoms with van der Waals surface area (Å²) in [4.78, 5) is 15.6. The molecule has 88 valence electrons. The molecule has 2 nitrogen and oxygen atoms in total. The van der Waals surface area contributed by atoms with Crippen LogP contribution in [0.25, 0.3) is 12.2 Å². The Morgan fingerprint density at radius 3 is 2.22 bits per heavy atom. The lowest BCUT2D eigenvalue weighted by Gasteiger charge is -1.90. The molecule has 0 aliphatic heterocycles. The van der Waals surface area contributed by atoms with E-state index in [2.05, 4.69) is 4.98 Å². The van der Waals surface area contributed by atoms with Gasteiger partial charge in [-0.05, 0) is 35.4 Å². The molecule has 2 aromatic rings.